The summed E-state index contributed by atoms with van der Waals surface area (Å²) in [5.41, 5.74) is 2.94. The Kier molecular flexibility index (Phi) is 11.0. The third kappa shape index (κ3) is 5.76. The van der Waals surface area contributed by atoms with Gasteiger partial charge >= 0.3 is 0 Å². The van der Waals surface area contributed by atoms with Crippen molar-refractivity contribution in [1.82, 2.24) is 0 Å². The highest BCUT2D eigenvalue weighted by molar-refractivity contribution is 5.29. The van der Waals surface area contributed by atoms with Gasteiger partial charge in [-0.15, -0.1) is 0 Å². The molecule has 0 spiro atoms. The number of hydrogen-bond donors (Lipinski definition) is 0. The molecule has 1 heteroatoms. The maximum Gasteiger partial charge on any atom is 0.0574 e. The zero-order valence-corrected chi connectivity index (χ0v) is 24.3. The van der Waals surface area contributed by atoms with E-state index in [1.165, 1.54) is 70.6 Å². The molecular formula is C32H60O. The molecule has 0 bridgehead atoms. The predicted molar refractivity (Wildman–Crippen MR) is 147 cm³/mol. The van der Waals surface area contributed by atoms with Gasteiger partial charge in [0, 0.05) is 7.11 Å². The van der Waals surface area contributed by atoms with Crippen LogP contribution in [0.3, 0.4) is 0 Å². The summed E-state index contributed by atoms with van der Waals surface area (Å²) < 4.78 is 5.77. The molecule has 1 nitrogen and oxygen atoms in total. The van der Waals surface area contributed by atoms with Gasteiger partial charge < -0.3 is 4.74 Å². The lowest BCUT2D eigenvalue weighted by molar-refractivity contribution is -0.0306. The highest BCUT2D eigenvalue weighted by Crippen LogP contribution is 2.66. The fourth-order valence-corrected chi connectivity index (χ4v) is 8.72. The van der Waals surface area contributed by atoms with Gasteiger partial charge in [0.25, 0.3) is 0 Å². The number of ether oxygens (including phenoxy) is 1. The minimum absolute atomic E-state index is 0.472. The largest absolute Gasteiger partial charge is 0.381 e. The van der Waals surface area contributed by atoms with Gasteiger partial charge in [-0.1, -0.05) is 93.2 Å². The van der Waals surface area contributed by atoms with E-state index in [0.717, 1.165) is 35.5 Å². The van der Waals surface area contributed by atoms with E-state index in [2.05, 4.69) is 40.7 Å². The van der Waals surface area contributed by atoms with E-state index in [9.17, 15) is 0 Å². The smallest absolute Gasteiger partial charge is 0.0574 e. The average Bonchev–Trinajstić information content (AvgIpc) is 3.18. The minimum atomic E-state index is 0.472. The molecule has 4 aliphatic rings. The summed E-state index contributed by atoms with van der Waals surface area (Å²) in [4.78, 5) is 0. The summed E-state index contributed by atoms with van der Waals surface area (Å²) in [6.45, 7) is 20.7. The number of rotatable bonds is 6. The molecule has 8 atom stereocenters. The van der Waals surface area contributed by atoms with Gasteiger partial charge in [-0.05, 0) is 97.7 Å². The molecule has 0 aromatic carbocycles. The molecule has 33 heavy (non-hydrogen) atoms. The van der Waals surface area contributed by atoms with E-state index >= 15 is 0 Å². The molecule has 0 radical (unpaired) electrons. The molecule has 8 unspecified atom stereocenters. The van der Waals surface area contributed by atoms with Gasteiger partial charge in [0.05, 0.1) is 6.10 Å². The predicted octanol–water partition coefficient (Wildman–Crippen LogP) is 10.1. The Morgan fingerprint density at radius 3 is 2.27 bits per heavy atom. The summed E-state index contributed by atoms with van der Waals surface area (Å²) >= 11 is 0. The van der Waals surface area contributed by atoms with Crippen molar-refractivity contribution >= 4 is 0 Å². The van der Waals surface area contributed by atoms with E-state index in [4.69, 9.17) is 4.74 Å². The third-order valence-electron chi connectivity index (χ3n) is 10.5. The summed E-state index contributed by atoms with van der Waals surface area (Å²) in [5.74, 6) is 5.42. The van der Waals surface area contributed by atoms with Crippen LogP contribution in [0.5, 0.6) is 0 Å². The second-order valence-corrected chi connectivity index (χ2v) is 12.4. The summed E-state index contributed by atoms with van der Waals surface area (Å²) in [6.07, 6.45) is 18.8. The summed E-state index contributed by atoms with van der Waals surface area (Å²) in [7, 11) is 1.92. The number of fused-ring (bicyclic) bond motifs is 5. The summed E-state index contributed by atoms with van der Waals surface area (Å²) in [6, 6.07) is 0. The standard InChI is InChI=1S/C28H48O.2C2H6/c1-19(2)8-7-9-20(3)24-12-13-25-23-11-10-21-18-22(29-6)14-16-27(21,4)26(23)15-17-28(24,25)5;2*1-2/h15,19-25H,7-14,16-18H2,1-6H3;2*1-2H3. The fraction of sp³-hybridized carbons (Fsp3) is 0.938. The molecule has 0 heterocycles. The highest BCUT2D eigenvalue weighted by Gasteiger charge is 2.57. The molecule has 3 saturated carbocycles. The van der Waals surface area contributed by atoms with Crippen molar-refractivity contribution in [2.75, 3.05) is 7.11 Å². The molecule has 194 valence electrons. The Morgan fingerprint density at radius 2 is 1.64 bits per heavy atom. The highest BCUT2D eigenvalue weighted by atomic mass is 16.5. The van der Waals surface area contributed by atoms with Crippen molar-refractivity contribution in [2.24, 2.45) is 46.3 Å². The van der Waals surface area contributed by atoms with Crippen molar-refractivity contribution < 1.29 is 4.74 Å². The lowest BCUT2D eigenvalue weighted by atomic mass is 9.48. The lowest BCUT2D eigenvalue weighted by Gasteiger charge is -2.57. The summed E-state index contributed by atoms with van der Waals surface area (Å²) in [5, 5.41) is 0. The van der Waals surface area contributed by atoms with Gasteiger partial charge in [0.1, 0.15) is 0 Å². The van der Waals surface area contributed by atoms with Gasteiger partial charge in [-0.25, -0.2) is 0 Å². The Morgan fingerprint density at radius 1 is 0.939 bits per heavy atom. The van der Waals surface area contributed by atoms with Crippen LogP contribution in [0.4, 0.5) is 0 Å². The van der Waals surface area contributed by atoms with E-state index in [1.54, 1.807) is 0 Å². The minimum Gasteiger partial charge on any atom is -0.381 e. The lowest BCUT2D eigenvalue weighted by Crippen LogP contribution is -2.49. The quantitative estimate of drug-likeness (QED) is 0.358. The SMILES string of the molecule is CC.CC.COC1CCC2(C)C3=CCC4(C)C(C(C)CCCC(C)C)CCC4C3CCC2C1. The van der Waals surface area contributed by atoms with Crippen LogP contribution < -0.4 is 0 Å². The van der Waals surface area contributed by atoms with Crippen LogP contribution in [0.25, 0.3) is 0 Å². The molecule has 0 saturated heterocycles. The number of hydrogen-bond acceptors (Lipinski definition) is 1. The van der Waals surface area contributed by atoms with Crippen molar-refractivity contribution in [3.05, 3.63) is 11.6 Å². The van der Waals surface area contributed by atoms with Crippen molar-refractivity contribution in [3.63, 3.8) is 0 Å². The number of allylic oxidation sites excluding steroid dienone is 2. The zero-order valence-electron chi connectivity index (χ0n) is 24.3. The van der Waals surface area contributed by atoms with E-state index in [-0.39, 0.29) is 0 Å². The average molecular weight is 461 g/mol. The first-order chi connectivity index (χ1) is 15.8. The molecule has 3 fully saturated rings. The Bertz CT molecular complexity index is 606. The second-order valence-electron chi connectivity index (χ2n) is 12.4. The Labute approximate surface area is 208 Å². The zero-order chi connectivity index (χ0) is 24.8. The Hall–Kier alpha value is -0.300. The normalized spacial score (nSPS) is 40.2. The Balaban J connectivity index is 0.000000914. The van der Waals surface area contributed by atoms with Crippen LogP contribution in [-0.2, 0) is 4.74 Å². The molecule has 0 amide bonds. The van der Waals surface area contributed by atoms with Crippen LogP contribution >= 0.6 is 0 Å². The molecule has 4 rings (SSSR count). The molecule has 0 aromatic heterocycles. The molecule has 0 aliphatic heterocycles. The van der Waals surface area contributed by atoms with Crippen LogP contribution in [0, 0.1) is 46.3 Å². The van der Waals surface area contributed by atoms with Crippen LogP contribution in [-0.4, -0.2) is 13.2 Å². The van der Waals surface area contributed by atoms with E-state index in [1.807, 2.05) is 40.4 Å². The molecule has 0 aromatic rings. The van der Waals surface area contributed by atoms with Crippen LogP contribution in [0.15, 0.2) is 11.6 Å². The fourth-order valence-electron chi connectivity index (χ4n) is 8.72. The molecular weight excluding hydrogens is 400 g/mol. The maximum absolute atomic E-state index is 5.77. The first-order valence-electron chi connectivity index (χ1n) is 15.0. The van der Waals surface area contributed by atoms with Gasteiger partial charge in [-0.2, -0.15) is 0 Å². The first-order valence-corrected chi connectivity index (χ1v) is 15.0. The topological polar surface area (TPSA) is 9.23 Å². The van der Waals surface area contributed by atoms with Gasteiger partial charge in [0.2, 0.25) is 0 Å². The van der Waals surface area contributed by atoms with Crippen LogP contribution in [0.1, 0.15) is 133 Å². The van der Waals surface area contributed by atoms with E-state index in [0.29, 0.717) is 16.9 Å². The van der Waals surface area contributed by atoms with Crippen molar-refractivity contribution in [3.8, 4) is 0 Å². The van der Waals surface area contributed by atoms with Gasteiger partial charge in [0.15, 0.2) is 0 Å². The first kappa shape index (κ1) is 28.9. The third-order valence-corrected chi connectivity index (χ3v) is 10.5. The molecule has 0 N–H and O–H groups in total. The maximum atomic E-state index is 5.77. The van der Waals surface area contributed by atoms with Crippen molar-refractivity contribution in [1.29, 1.82) is 0 Å². The monoisotopic (exact) mass is 460 g/mol. The van der Waals surface area contributed by atoms with Gasteiger partial charge in [-0.3, -0.25) is 0 Å². The van der Waals surface area contributed by atoms with Crippen LogP contribution in [0.2, 0.25) is 0 Å². The van der Waals surface area contributed by atoms with Crippen molar-refractivity contribution in [2.45, 2.75) is 139 Å². The number of methoxy groups -OCH3 is 1. The van der Waals surface area contributed by atoms with E-state index < -0.39 is 0 Å². The molecule has 4 aliphatic carbocycles. The second kappa shape index (κ2) is 12.6.